The molecular formula is C13H20N2O2. The molecule has 1 rings (SSSR count). The third-order valence-corrected chi connectivity index (χ3v) is 2.87. The van der Waals surface area contributed by atoms with Crippen molar-refractivity contribution in [2.24, 2.45) is 10.2 Å². The van der Waals surface area contributed by atoms with Gasteiger partial charge in [0.2, 0.25) is 0 Å². The number of hydrogen-bond acceptors (Lipinski definition) is 3. The summed E-state index contributed by atoms with van der Waals surface area (Å²) in [4.78, 5) is 22.7. The van der Waals surface area contributed by atoms with Crippen LogP contribution in [0.2, 0.25) is 0 Å². The van der Waals surface area contributed by atoms with Gasteiger partial charge in [-0.05, 0) is 6.42 Å². The summed E-state index contributed by atoms with van der Waals surface area (Å²) in [6.07, 6.45) is 9.88. The highest BCUT2D eigenvalue weighted by Gasteiger charge is 2.20. The van der Waals surface area contributed by atoms with Crippen LogP contribution in [-0.4, -0.2) is 11.7 Å². The molecule has 0 radical (unpaired) electrons. The molecule has 0 fully saturated rings. The predicted molar refractivity (Wildman–Crippen MR) is 65.6 cm³/mol. The summed E-state index contributed by atoms with van der Waals surface area (Å²) < 4.78 is 0. The first-order valence-corrected chi connectivity index (χ1v) is 6.44. The largest absolute Gasteiger partial charge is 0.300 e. The highest BCUT2D eigenvalue weighted by atomic mass is 16.2. The maximum absolute atomic E-state index is 11.6. The van der Waals surface area contributed by atoms with Crippen LogP contribution < -0.4 is 0 Å². The van der Waals surface area contributed by atoms with Crippen LogP contribution in [0.5, 0.6) is 0 Å². The smallest absolute Gasteiger partial charge is 0.294 e. The zero-order chi connectivity index (χ0) is 12.5. The summed E-state index contributed by atoms with van der Waals surface area (Å²) in [6.45, 7) is 2.20. The van der Waals surface area contributed by atoms with Crippen molar-refractivity contribution in [1.29, 1.82) is 0 Å². The molecule has 1 heterocycles. The minimum Gasteiger partial charge on any atom is -0.294 e. The number of azo groups is 1. The maximum Gasteiger partial charge on any atom is 0.300 e. The molecule has 17 heavy (non-hydrogen) atoms. The Morgan fingerprint density at radius 1 is 1.12 bits per heavy atom. The second-order valence-electron chi connectivity index (χ2n) is 4.36. The van der Waals surface area contributed by atoms with Crippen molar-refractivity contribution in [3.63, 3.8) is 0 Å². The van der Waals surface area contributed by atoms with Gasteiger partial charge < -0.3 is 0 Å². The molecule has 4 nitrogen and oxygen atoms in total. The zero-order valence-electron chi connectivity index (χ0n) is 10.4. The predicted octanol–water partition coefficient (Wildman–Crippen LogP) is 3.57. The van der Waals surface area contributed by atoms with E-state index in [1.165, 1.54) is 38.3 Å². The standard InChI is InChI=1S/C13H20N2O2/c1-2-3-4-5-6-7-8-9-12(16)11-10-14-15-13(11)17/h10H,2-9H2,1H3. The van der Waals surface area contributed by atoms with Gasteiger partial charge in [0, 0.05) is 6.42 Å². The Bertz CT molecular complexity index is 332. The number of ketones is 1. The molecule has 0 atom stereocenters. The molecule has 94 valence electrons. The fourth-order valence-corrected chi connectivity index (χ4v) is 1.82. The van der Waals surface area contributed by atoms with Crippen LogP contribution in [0.3, 0.4) is 0 Å². The number of Topliss-reactive ketones (excluding diaryl/α,β-unsaturated/α-hetero) is 1. The Hall–Kier alpha value is -1.32. The topological polar surface area (TPSA) is 58.9 Å². The van der Waals surface area contributed by atoms with Crippen LogP contribution in [0.4, 0.5) is 0 Å². The molecule has 0 aromatic heterocycles. The van der Waals surface area contributed by atoms with Crippen LogP contribution >= 0.6 is 0 Å². The number of amides is 1. The maximum atomic E-state index is 11.6. The molecule has 0 saturated carbocycles. The van der Waals surface area contributed by atoms with Gasteiger partial charge in [-0.25, -0.2) is 0 Å². The number of nitrogens with zero attached hydrogens (tertiary/aromatic N) is 2. The fourth-order valence-electron chi connectivity index (χ4n) is 1.82. The van der Waals surface area contributed by atoms with Crippen molar-refractivity contribution < 1.29 is 9.59 Å². The molecule has 0 saturated heterocycles. The second-order valence-corrected chi connectivity index (χ2v) is 4.36. The second kappa shape index (κ2) is 7.87. The average molecular weight is 236 g/mol. The number of unbranched alkanes of at least 4 members (excludes halogenated alkanes) is 6. The normalized spacial score (nSPS) is 14.2. The van der Waals surface area contributed by atoms with E-state index in [1.807, 2.05) is 0 Å². The molecule has 4 heteroatoms. The quantitative estimate of drug-likeness (QED) is 0.454. The van der Waals surface area contributed by atoms with Crippen molar-refractivity contribution in [2.45, 2.75) is 58.3 Å². The first-order chi connectivity index (χ1) is 8.25. The molecule has 0 aliphatic carbocycles. The molecule has 1 amide bonds. The van der Waals surface area contributed by atoms with E-state index in [0.717, 1.165) is 12.8 Å². The van der Waals surface area contributed by atoms with Crippen LogP contribution in [0.1, 0.15) is 58.3 Å². The van der Waals surface area contributed by atoms with Crippen molar-refractivity contribution in [1.82, 2.24) is 0 Å². The first-order valence-electron chi connectivity index (χ1n) is 6.44. The summed E-state index contributed by atoms with van der Waals surface area (Å²) >= 11 is 0. The van der Waals surface area contributed by atoms with E-state index >= 15 is 0 Å². The van der Waals surface area contributed by atoms with E-state index in [9.17, 15) is 9.59 Å². The van der Waals surface area contributed by atoms with E-state index < -0.39 is 5.91 Å². The minimum absolute atomic E-state index is 0.117. The lowest BCUT2D eigenvalue weighted by molar-refractivity contribution is -0.120. The van der Waals surface area contributed by atoms with Gasteiger partial charge >= 0.3 is 5.91 Å². The van der Waals surface area contributed by atoms with Crippen LogP contribution in [-0.2, 0) is 9.59 Å². The summed E-state index contributed by atoms with van der Waals surface area (Å²) in [5.41, 5.74) is 0.149. The lowest BCUT2D eigenvalue weighted by atomic mass is 10.0. The molecule has 0 aromatic rings. The van der Waals surface area contributed by atoms with Gasteiger partial charge in [0.25, 0.3) is 0 Å². The number of carbonyl (C=O) groups is 2. The summed E-state index contributed by atoms with van der Waals surface area (Å²) in [5.74, 6) is -0.605. The number of carbonyl (C=O) groups excluding carboxylic acids is 2. The Morgan fingerprint density at radius 3 is 2.35 bits per heavy atom. The molecule has 0 aromatic carbocycles. The molecule has 1 aliphatic rings. The SMILES string of the molecule is CCCCCCCCCC(=O)C1=CN=NC1=O. The Balaban J connectivity index is 2.03. The van der Waals surface area contributed by atoms with Gasteiger partial charge in [0.15, 0.2) is 5.78 Å². The lowest BCUT2D eigenvalue weighted by Crippen LogP contribution is -2.08. The third kappa shape index (κ3) is 5.02. The van der Waals surface area contributed by atoms with E-state index in [4.69, 9.17) is 0 Å². The first kappa shape index (κ1) is 13.7. The van der Waals surface area contributed by atoms with Gasteiger partial charge in [-0.1, -0.05) is 45.4 Å². The van der Waals surface area contributed by atoms with E-state index in [0.29, 0.717) is 6.42 Å². The molecule has 0 N–H and O–H groups in total. The Kier molecular flexibility index (Phi) is 6.37. The van der Waals surface area contributed by atoms with Gasteiger partial charge in [-0.15, -0.1) is 5.11 Å². The van der Waals surface area contributed by atoms with Crippen LogP contribution in [0.15, 0.2) is 22.0 Å². The molecular weight excluding hydrogens is 216 g/mol. The van der Waals surface area contributed by atoms with Crippen LogP contribution in [0.25, 0.3) is 0 Å². The van der Waals surface area contributed by atoms with Crippen molar-refractivity contribution in [3.8, 4) is 0 Å². The fraction of sp³-hybridized carbons (Fsp3) is 0.692. The third-order valence-electron chi connectivity index (χ3n) is 2.87. The van der Waals surface area contributed by atoms with Crippen molar-refractivity contribution >= 4 is 11.7 Å². The Labute approximate surface area is 102 Å². The monoisotopic (exact) mass is 236 g/mol. The summed E-state index contributed by atoms with van der Waals surface area (Å²) in [5, 5.41) is 6.73. The van der Waals surface area contributed by atoms with Crippen molar-refractivity contribution in [2.75, 3.05) is 0 Å². The lowest BCUT2D eigenvalue weighted by Gasteiger charge is -2.00. The number of hydrogen-bond donors (Lipinski definition) is 0. The molecule has 0 spiro atoms. The van der Waals surface area contributed by atoms with Gasteiger partial charge in [0.05, 0.1) is 6.20 Å². The average Bonchev–Trinajstić information content (AvgIpc) is 2.74. The Morgan fingerprint density at radius 2 is 1.76 bits per heavy atom. The van der Waals surface area contributed by atoms with E-state index in [-0.39, 0.29) is 11.4 Å². The molecule has 0 bridgehead atoms. The van der Waals surface area contributed by atoms with Crippen molar-refractivity contribution in [3.05, 3.63) is 11.8 Å². The summed E-state index contributed by atoms with van der Waals surface area (Å²) in [7, 11) is 0. The minimum atomic E-state index is -0.488. The highest BCUT2D eigenvalue weighted by molar-refractivity contribution is 6.20. The number of rotatable bonds is 9. The molecule has 1 aliphatic heterocycles. The van der Waals surface area contributed by atoms with Gasteiger partial charge in [-0.2, -0.15) is 5.11 Å². The molecule has 0 unspecified atom stereocenters. The zero-order valence-corrected chi connectivity index (χ0v) is 10.4. The van der Waals surface area contributed by atoms with Gasteiger partial charge in [-0.3, -0.25) is 9.59 Å². The van der Waals surface area contributed by atoms with Crippen LogP contribution in [0, 0.1) is 0 Å². The summed E-state index contributed by atoms with van der Waals surface area (Å²) in [6, 6.07) is 0. The van der Waals surface area contributed by atoms with E-state index in [1.54, 1.807) is 0 Å². The highest BCUT2D eigenvalue weighted by Crippen LogP contribution is 2.14. The van der Waals surface area contributed by atoms with Gasteiger partial charge in [0.1, 0.15) is 5.57 Å². The van der Waals surface area contributed by atoms with E-state index in [2.05, 4.69) is 17.2 Å².